The zero-order valence-electron chi connectivity index (χ0n) is 50.2. The molecule has 9 rings (SSSR count). The molecule has 1 saturated heterocycles. The van der Waals surface area contributed by atoms with Gasteiger partial charge in [-0.15, -0.1) is 0 Å². The van der Waals surface area contributed by atoms with E-state index in [4.69, 9.17) is 5.73 Å². The van der Waals surface area contributed by atoms with Crippen molar-refractivity contribution in [2.24, 2.45) is 0 Å². The Morgan fingerprint density at radius 2 is 0.795 bits per heavy atom. The van der Waals surface area contributed by atoms with Crippen molar-refractivity contribution in [3.63, 3.8) is 0 Å². The van der Waals surface area contributed by atoms with Crippen LogP contribution in [0.1, 0.15) is 69.5 Å². The highest BCUT2D eigenvalue weighted by Gasteiger charge is 2.10. The van der Waals surface area contributed by atoms with Crippen molar-refractivity contribution in [2.45, 2.75) is 73.9 Å². The molecule has 6 aromatic carbocycles. The van der Waals surface area contributed by atoms with Crippen molar-refractivity contribution < 1.29 is 14.4 Å². The molecule has 436 valence electrons. The molecule has 0 radical (unpaired) electrons. The number of piperidine rings is 1. The summed E-state index contributed by atoms with van der Waals surface area (Å²) in [6.07, 6.45) is 7.65. The number of hydrogen-bond donors (Lipinski definition) is 7. The molecule has 0 saturated carbocycles. The van der Waals surface area contributed by atoms with Gasteiger partial charge in [-0.05, 0) is 186 Å². The number of nitrogens with zero attached hydrogens (tertiary/aromatic N) is 5. The van der Waals surface area contributed by atoms with Gasteiger partial charge >= 0.3 is 0 Å². The molecule has 8 N–H and O–H groups in total. The first-order valence-electron chi connectivity index (χ1n) is 27.7. The van der Waals surface area contributed by atoms with Crippen molar-refractivity contribution in [2.75, 3.05) is 93.6 Å². The van der Waals surface area contributed by atoms with Crippen LogP contribution < -0.4 is 52.3 Å². The van der Waals surface area contributed by atoms with Crippen LogP contribution in [0, 0.1) is 13.8 Å². The van der Waals surface area contributed by atoms with E-state index in [0.717, 1.165) is 75.7 Å². The number of carbonyl (C=O) groups excluding carboxylic acids is 3. The maximum absolute atomic E-state index is 10.7. The first-order valence-corrected chi connectivity index (χ1v) is 27.7. The summed E-state index contributed by atoms with van der Waals surface area (Å²) in [7, 11) is 7.97. The zero-order chi connectivity index (χ0) is 60.4. The lowest BCUT2D eigenvalue weighted by atomic mass is 10.1. The summed E-state index contributed by atoms with van der Waals surface area (Å²) in [5, 5.41) is 17.9. The van der Waals surface area contributed by atoms with Gasteiger partial charge in [0, 0.05) is 137 Å². The number of carbonyl (C=O) groups is 3. The summed E-state index contributed by atoms with van der Waals surface area (Å²) in [6.45, 7) is 18.1. The van der Waals surface area contributed by atoms with Crippen LogP contribution in [0.5, 0.6) is 0 Å². The summed E-state index contributed by atoms with van der Waals surface area (Å²) in [4.78, 5) is 47.1. The molecule has 0 unspecified atom stereocenters. The average molecular weight is 1120 g/mol. The second-order valence-electron chi connectivity index (χ2n) is 20.1. The predicted molar refractivity (Wildman–Crippen MR) is 352 cm³/mol. The molecular weight excluding hydrogens is 1030 g/mol. The molecule has 0 spiro atoms. The number of rotatable bonds is 14. The molecular formula is C68H86N12O3. The second kappa shape index (κ2) is 36.6. The summed E-state index contributed by atoms with van der Waals surface area (Å²) in [5.74, 6) is -0.142. The molecule has 3 amide bonds. The van der Waals surface area contributed by atoms with Gasteiger partial charge in [0.1, 0.15) is 0 Å². The normalized spacial score (nSPS) is 10.8. The molecule has 1 aliphatic heterocycles. The van der Waals surface area contributed by atoms with Crippen molar-refractivity contribution in [1.82, 2.24) is 9.97 Å². The number of aryl methyl sites for hydroxylation is 2. The Kier molecular flexibility index (Phi) is 29.0. The Balaban J connectivity index is 0.000000217. The van der Waals surface area contributed by atoms with E-state index in [0.29, 0.717) is 0 Å². The zero-order valence-corrected chi connectivity index (χ0v) is 50.2. The van der Waals surface area contributed by atoms with Crippen LogP contribution in [-0.2, 0) is 27.5 Å². The van der Waals surface area contributed by atoms with Gasteiger partial charge in [-0.2, -0.15) is 0 Å². The third-order valence-corrected chi connectivity index (χ3v) is 12.1. The van der Waals surface area contributed by atoms with Crippen LogP contribution in [0.3, 0.4) is 0 Å². The lowest BCUT2D eigenvalue weighted by molar-refractivity contribution is -0.115. The van der Waals surface area contributed by atoms with Gasteiger partial charge in [-0.3, -0.25) is 24.4 Å². The standard InChI is InChI=1S/C17H21N3.C13H14N2.C11H14N2O.C10H14N2O.C9H11NO.C8H12N2/c1-4-12-20(13-5-1)17-9-7-15(8-10-17)19-14-16-6-2-3-11-18-16;1-11-5-7-12(8-6-11)15-10-13-4-2-3-9-14-13;1-8(2)12-10-4-6-11(7-5-10)13-9(3)14;1-8(13)11-9-4-6-10(7-5-9)12(2)3;1-7-3-5-9(6-4-7)10-8(2)11;1-10(2)8-5-3-7(9)4-6-8/h2-3,6-11,19H,1,4-5,12-14H2;2-9,15H,10H2,1H3;4-7,12H,1H2,2-3H3,(H,13,14);4-7H,1-3H3,(H,11,13);3-6H,1-2H3,(H,10,11);3-6H,9H2,1-2H3. The first-order chi connectivity index (χ1) is 39.8. The Bertz CT molecular complexity index is 3060. The third kappa shape index (κ3) is 28.4. The number of nitrogens with one attached hydrogen (secondary N) is 6. The van der Waals surface area contributed by atoms with E-state index < -0.39 is 0 Å². The van der Waals surface area contributed by atoms with Crippen LogP contribution in [0.15, 0.2) is 207 Å². The minimum atomic E-state index is -0.0642. The van der Waals surface area contributed by atoms with E-state index in [1.54, 1.807) is 0 Å². The monoisotopic (exact) mass is 1120 g/mol. The highest BCUT2D eigenvalue weighted by Crippen LogP contribution is 2.23. The van der Waals surface area contributed by atoms with Gasteiger partial charge in [0.2, 0.25) is 17.7 Å². The topological polar surface area (TPSA) is 185 Å². The van der Waals surface area contributed by atoms with Crippen LogP contribution in [0.4, 0.5) is 56.9 Å². The molecule has 1 aliphatic rings. The minimum Gasteiger partial charge on any atom is -0.399 e. The SMILES string of the molecule is C=C(C)Nc1ccc(NC(C)=O)cc1.CC(=O)Nc1ccc(C)cc1.CC(=O)Nc1ccc(N(C)C)cc1.CN(C)c1ccc(N)cc1.Cc1ccc(NCc2ccccn2)cc1.c1ccc(CNc2ccc(N3CCCCC3)cc2)nc1. The second-order valence-corrected chi connectivity index (χ2v) is 20.1. The highest BCUT2D eigenvalue weighted by molar-refractivity contribution is 5.90. The number of nitrogens with two attached hydrogens (primary N) is 1. The van der Waals surface area contributed by atoms with Crippen molar-refractivity contribution in [3.05, 3.63) is 229 Å². The lowest BCUT2D eigenvalue weighted by Gasteiger charge is -2.28. The minimum absolute atomic E-state index is 0.0335. The Labute approximate surface area is 493 Å². The number of benzene rings is 6. The van der Waals surface area contributed by atoms with Crippen molar-refractivity contribution in [3.8, 4) is 0 Å². The average Bonchev–Trinajstić information content (AvgIpc) is 3.47. The van der Waals surface area contributed by atoms with E-state index in [2.05, 4.69) is 109 Å². The van der Waals surface area contributed by atoms with Crippen LogP contribution in [-0.4, -0.2) is 69.0 Å². The first kappa shape index (κ1) is 65.9. The van der Waals surface area contributed by atoms with E-state index in [1.165, 1.54) is 75.6 Å². The highest BCUT2D eigenvalue weighted by atomic mass is 16.2. The molecule has 8 aromatic rings. The quantitative estimate of drug-likeness (QED) is 0.0512. The summed E-state index contributed by atoms with van der Waals surface area (Å²) in [5.41, 5.74) is 21.1. The molecule has 2 aromatic heterocycles. The Morgan fingerprint density at radius 1 is 0.458 bits per heavy atom. The lowest BCUT2D eigenvalue weighted by Crippen LogP contribution is -2.29. The van der Waals surface area contributed by atoms with Gasteiger partial charge in [-0.1, -0.05) is 54.1 Å². The number of allylic oxidation sites excluding steroid dienone is 1. The molecule has 83 heavy (non-hydrogen) atoms. The third-order valence-electron chi connectivity index (χ3n) is 12.1. The molecule has 15 nitrogen and oxygen atoms in total. The van der Waals surface area contributed by atoms with Gasteiger partial charge in [0.25, 0.3) is 0 Å². The molecule has 1 fully saturated rings. The van der Waals surface area contributed by atoms with E-state index in [-0.39, 0.29) is 17.7 Å². The summed E-state index contributed by atoms with van der Waals surface area (Å²) < 4.78 is 0. The maximum atomic E-state index is 10.7. The van der Waals surface area contributed by atoms with Gasteiger partial charge in [0.05, 0.1) is 24.5 Å². The predicted octanol–water partition coefficient (Wildman–Crippen LogP) is 14.3. The fourth-order valence-corrected chi connectivity index (χ4v) is 7.75. The van der Waals surface area contributed by atoms with Crippen LogP contribution in [0.25, 0.3) is 0 Å². The fraction of sp³-hybridized carbons (Fsp3) is 0.250. The maximum Gasteiger partial charge on any atom is 0.221 e. The Hall–Kier alpha value is -9.63. The van der Waals surface area contributed by atoms with Crippen LogP contribution >= 0.6 is 0 Å². The number of hydrogen-bond acceptors (Lipinski definition) is 12. The molecule has 0 atom stereocenters. The van der Waals surface area contributed by atoms with E-state index >= 15 is 0 Å². The molecule has 15 heteroatoms. The summed E-state index contributed by atoms with van der Waals surface area (Å²) in [6, 6.07) is 59.7. The number of anilines is 10. The smallest absolute Gasteiger partial charge is 0.221 e. The number of pyridine rings is 2. The molecule has 3 heterocycles. The number of aromatic nitrogens is 2. The number of nitrogen functional groups attached to an aromatic ring is 1. The van der Waals surface area contributed by atoms with Gasteiger partial charge in [0.15, 0.2) is 0 Å². The van der Waals surface area contributed by atoms with Crippen molar-refractivity contribution >= 4 is 74.6 Å². The van der Waals surface area contributed by atoms with E-state index in [9.17, 15) is 14.4 Å². The molecule has 0 bridgehead atoms. The fourth-order valence-electron chi connectivity index (χ4n) is 7.75. The van der Waals surface area contributed by atoms with Gasteiger partial charge < -0.3 is 52.3 Å². The summed E-state index contributed by atoms with van der Waals surface area (Å²) >= 11 is 0. The van der Waals surface area contributed by atoms with Gasteiger partial charge in [-0.25, -0.2) is 0 Å². The Morgan fingerprint density at radius 3 is 1.14 bits per heavy atom. The molecule has 0 aliphatic carbocycles. The largest absolute Gasteiger partial charge is 0.399 e. The van der Waals surface area contributed by atoms with Crippen LogP contribution in [0.2, 0.25) is 0 Å². The number of amides is 3. The van der Waals surface area contributed by atoms with E-state index in [1.807, 2.05) is 198 Å². The van der Waals surface area contributed by atoms with Crippen molar-refractivity contribution in [1.29, 1.82) is 0 Å².